The average Bonchev–Trinajstić information content (AvgIpc) is 2.91. The van der Waals surface area contributed by atoms with Gasteiger partial charge in [-0.25, -0.2) is 8.42 Å². The molecule has 0 aliphatic heterocycles. The highest BCUT2D eigenvalue weighted by molar-refractivity contribution is 8.00. The lowest BCUT2D eigenvalue weighted by Crippen LogP contribution is -2.39. The first-order chi connectivity index (χ1) is 17.8. The highest BCUT2D eigenvalue weighted by Crippen LogP contribution is 2.39. The molecule has 6 nitrogen and oxygen atoms in total. The lowest BCUT2D eigenvalue weighted by molar-refractivity contribution is -0.141. The summed E-state index contributed by atoms with van der Waals surface area (Å²) in [5, 5.41) is 8.71. The van der Waals surface area contributed by atoms with E-state index in [-0.39, 0.29) is 4.90 Å². The summed E-state index contributed by atoms with van der Waals surface area (Å²) >= 11 is 1.38. The normalized spacial score (nSPS) is 13.9. The number of aryl methyl sites for hydroxylation is 1. The average molecular weight is 543 g/mol. The number of thioether (sulfide) groups is 1. The van der Waals surface area contributed by atoms with Gasteiger partial charge in [0.1, 0.15) is 0 Å². The van der Waals surface area contributed by atoms with Crippen LogP contribution >= 0.6 is 11.8 Å². The van der Waals surface area contributed by atoms with Crippen molar-refractivity contribution in [3.63, 3.8) is 0 Å². The molecule has 3 unspecified atom stereocenters. The van der Waals surface area contributed by atoms with Crippen molar-refractivity contribution in [3.05, 3.63) is 84.4 Å². The maximum Gasteiger partial charge on any atom is 0.308 e. The van der Waals surface area contributed by atoms with E-state index in [1.165, 1.54) is 36.4 Å². The van der Waals surface area contributed by atoms with E-state index in [1.54, 1.807) is 44.6 Å². The summed E-state index contributed by atoms with van der Waals surface area (Å²) in [7, 11) is -0.761. The predicted octanol–water partition coefficient (Wildman–Crippen LogP) is 6.14. The lowest BCUT2D eigenvalue weighted by atomic mass is 9.96. The van der Waals surface area contributed by atoms with Gasteiger partial charge in [0, 0.05) is 10.1 Å². The quantitative estimate of drug-likeness (QED) is 0.193. The van der Waals surface area contributed by atoms with Crippen LogP contribution in [0.4, 0.5) is 0 Å². The molecule has 3 aromatic carbocycles. The van der Waals surface area contributed by atoms with Crippen LogP contribution in [-0.4, -0.2) is 44.2 Å². The van der Waals surface area contributed by atoms with Crippen molar-refractivity contribution >= 4 is 27.6 Å². The monoisotopic (exact) mass is 542 g/mol. The van der Waals surface area contributed by atoms with Crippen LogP contribution in [0, 0.1) is 5.92 Å². The Balaban J connectivity index is 1.88. The fourth-order valence-corrected chi connectivity index (χ4v) is 7.59. The summed E-state index contributed by atoms with van der Waals surface area (Å²) in [6, 6.07) is 23.6. The van der Waals surface area contributed by atoms with E-state index in [2.05, 4.69) is 12.1 Å². The van der Waals surface area contributed by atoms with E-state index in [9.17, 15) is 18.3 Å². The minimum Gasteiger partial charge on any atom is -0.493 e. The molecule has 3 rings (SSSR count). The zero-order chi connectivity index (χ0) is 26.8. The molecule has 0 heterocycles. The Labute approximate surface area is 223 Å². The maximum absolute atomic E-state index is 13.4. The second-order valence-corrected chi connectivity index (χ2v) is 12.4. The van der Waals surface area contributed by atoms with Crippen molar-refractivity contribution in [2.24, 2.45) is 5.92 Å². The summed E-state index contributed by atoms with van der Waals surface area (Å²) in [6.45, 7) is 1.51. The Hall–Kier alpha value is -2.97. The van der Waals surface area contributed by atoms with E-state index in [1.807, 2.05) is 24.3 Å². The number of aliphatic carboxylic acids is 1. The van der Waals surface area contributed by atoms with Gasteiger partial charge in [0.15, 0.2) is 21.3 Å². The van der Waals surface area contributed by atoms with Gasteiger partial charge in [0.2, 0.25) is 0 Å². The van der Waals surface area contributed by atoms with Crippen LogP contribution in [0.3, 0.4) is 0 Å². The SMILES string of the molecule is COc1ccc(SC(CCCCc2ccccc2)C(C(=O)O)C(C)S(=O)(=O)c2ccccc2)cc1OC. The molecule has 0 saturated heterocycles. The zero-order valence-electron chi connectivity index (χ0n) is 21.4. The molecule has 8 heteroatoms. The van der Waals surface area contributed by atoms with Gasteiger partial charge >= 0.3 is 5.97 Å². The highest BCUT2D eigenvalue weighted by Gasteiger charge is 2.41. The number of rotatable bonds is 14. The number of benzene rings is 3. The molecule has 0 aliphatic carbocycles. The number of carboxylic acids is 1. The molecular formula is C29H34O6S2. The smallest absolute Gasteiger partial charge is 0.308 e. The Morgan fingerprint density at radius 1 is 0.892 bits per heavy atom. The Morgan fingerprint density at radius 3 is 2.11 bits per heavy atom. The molecule has 0 amide bonds. The van der Waals surface area contributed by atoms with Crippen molar-refractivity contribution in [1.82, 2.24) is 0 Å². The summed E-state index contributed by atoms with van der Waals surface area (Å²) in [6.07, 6.45) is 3.07. The topological polar surface area (TPSA) is 89.9 Å². The number of ether oxygens (including phenoxy) is 2. The van der Waals surface area contributed by atoms with Gasteiger partial charge in [0.05, 0.1) is 30.3 Å². The summed E-state index contributed by atoms with van der Waals surface area (Å²) in [4.78, 5) is 13.5. The molecule has 198 valence electrons. The first-order valence-corrected chi connectivity index (χ1v) is 14.6. The van der Waals surface area contributed by atoms with Crippen LogP contribution in [0.1, 0.15) is 31.7 Å². The van der Waals surface area contributed by atoms with Crippen molar-refractivity contribution in [2.75, 3.05) is 14.2 Å². The van der Waals surface area contributed by atoms with Crippen molar-refractivity contribution in [3.8, 4) is 11.5 Å². The predicted molar refractivity (Wildman–Crippen MR) is 147 cm³/mol. The summed E-state index contributed by atoms with van der Waals surface area (Å²) in [5.74, 6) is -1.12. The molecule has 0 aromatic heterocycles. The minimum atomic E-state index is -3.86. The van der Waals surface area contributed by atoms with Crippen LogP contribution in [0.25, 0.3) is 0 Å². The van der Waals surface area contributed by atoms with E-state index in [0.29, 0.717) is 17.9 Å². The highest BCUT2D eigenvalue weighted by atomic mass is 32.2. The van der Waals surface area contributed by atoms with Crippen LogP contribution in [0.5, 0.6) is 11.5 Å². The number of hydrogen-bond donors (Lipinski definition) is 1. The standard InChI is InChI=1S/C29H34O6S2/c1-21(37(32,33)24-15-8-5-9-16-24)28(29(30)31)27(17-11-10-14-22-12-6-4-7-13-22)36-23-18-19-25(34-2)26(20-23)35-3/h4-9,12-13,15-16,18-21,27-28H,10-11,14,17H2,1-3H3,(H,30,31). The second-order valence-electron chi connectivity index (χ2n) is 8.83. The number of unbranched alkanes of at least 4 members (excludes halogenated alkanes) is 1. The van der Waals surface area contributed by atoms with Crippen molar-refractivity contribution < 1.29 is 27.8 Å². The number of carbonyl (C=O) groups is 1. The van der Waals surface area contributed by atoms with E-state index >= 15 is 0 Å². The van der Waals surface area contributed by atoms with Crippen LogP contribution in [0.15, 0.2) is 88.7 Å². The Kier molecular flexibility index (Phi) is 10.5. The van der Waals surface area contributed by atoms with Crippen LogP contribution in [-0.2, 0) is 21.1 Å². The summed E-state index contributed by atoms with van der Waals surface area (Å²) < 4.78 is 37.6. The molecule has 0 bridgehead atoms. The Bertz CT molecular complexity index is 1250. The largest absolute Gasteiger partial charge is 0.493 e. The van der Waals surface area contributed by atoms with Gasteiger partial charge in [-0.05, 0) is 62.1 Å². The van der Waals surface area contributed by atoms with Gasteiger partial charge in [-0.1, -0.05) is 55.0 Å². The summed E-state index contributed by atoms with van der Waals surface area (Å²) in [5.41, 5.74) is 1.22. The third-order valence-corrected chi connectivity index (χ3v) is 10.0. The number of sulfone groups is 1. The fourth-order valence-electron chi connectivity index (χ4n) is 4.38. The molecule has 1 N–H and O–H groups in total. The molecule has 0 fully saturated rings. The molecule has 0 spiro atoms. The van der Waals surface area contributed by atoms with Gasteiger partial charge in [-0.15, -0.1) is 11.8 Å². The van der Waals surface area contributed by atoms with Gasteiger partial charge in [0.25, 0.3) is 0 Å². The molecule has 0 aliphatic rings. The lowest BCUT2D eigenvalue weighted by Gasteiger charge is -2.28. The molecule has 3 atom stereocenters. The zero-order valence-corrected chi connectivity index (χ0v) is 23.0. The van der Waals surface area contributed by atoms with Crippen molar-refractivity contribution in [1.29, 1.82) is 0 Å². The molecule has 0 radical (unpaired) electrons. The fraction of sp³-hybridized carbons (Fsp3) is 0.345. The third-order valence-electron chi connectivity index (χ3n) is 6.44. The molecular weight excluding hydrogens is 508 g/mol. The second kappa shape index (κ2) is 13.5. The van der Waals surface area contributed by atoms with E-state index < -0.39 is 32.2 Å². The van der Waals surface area contributed by atoms with Crippen molar-refractivity contribution in [2.45, 2.75) is 52.9 Å². The van der Waals surface area contributed by atoms with E-state index in [0.717, 1.165) is 24.2 Å². The van der Waals surface area contributed by atoms with Gasteiger partial charge in [-0.2, -0.15) is 0 Å². The first kappa shape index (κ1) is 28.6. The Morgan fingerprint density at radius 2 is 1.51 bits per heavy atom. The number of hydrogen-bond acceptors (Lipinski definition) is 6. The molecule has 0 saturated carbocycles. The number of methoxy groups -OCH3 is 2. The van der Waals surface area contributed by atoms with Gasteiger partial charge < -0.3 is 14.6 Å². The van der Waals surface area contributed by atoms with E-state index in [4.69, 9.17) is 9.47 Å². The van der Waals surface area contributed by atoms with Crippen LogP contribution in [0.2, 0.25) is 0 Å². The maximum atomic E-state index is 13.4. The number of carboxylic acid groups (broad SMARTS) is 1. The van der Waals surface area contributed by atoms with Crippen LogP contribution < -0.4 is 9.47 Å². The molecule has 37 heavy (non-hydrogen) atoms. The minimum absolute atomic E-state index is 0.132. The third kappa shape index (κ3) is 7.52. The first-order valence-electron chi connectivity index (χ1n) is 12.2. The molecule has 3 aromatic rings. The van der Waals surface area contributed by atoms with Gasteiger partial charge in [-0.3, -0.25) is 4.79 Å².